The van der Waals surface area contributed by atoms with E-state index in [1.165, 1.54) is 0 Å². The summed E-state index contributed by atoms with van der Waals surface area (Å²) < 4.78 is 0. The molecule has 1 aromatic rings. The van der Waals surface area contributed by atoms with Crippen molar-refractivity contribution in [2.45, 2.75) is 0 Å². The van der Waals surface area contributed by atoms with Crippen LogP contribution in [0.1, 0.15) is 0 Å². The van der Waals surface area contributed by atoms with Crippen LogP contribution in [0.2, 0.25) is 0 Å². The quantitative estimate of drug-likeness (QED) is 0.600. The zero-order chi connectivity index (χ0) is 11.3. The van der Waals surface area contributed by atoms with Crippen molar-refractivity contribution in [2.75, 3.05) is 49.8 Å². The number of nitrogens with zero attached hydrogens (tertiary/aromatic N) is 4. The molecule has 0 saturated carbocycles. The number of nitrogens with one attached hydrogen (secondary N) is 2. The molecule has 84 valence electrons. The minimum absolute atomic E-state index is 0.0396. The Hall–Kier alpha value is -1.63. The molecule has 7 heteroatoms. The van der Waals surface area contributed by atoms with Gasteiger partial charge in [0.25, 0.3) is 0 Å². The highest BCUT2D eigenvalue weighted by molar-refractivity contribution is 5.42. The maximum Gasteiger partial charge on any atom is 0.231 e. The van der Waals surface area contributed by atoms with Crippen LogP contribution in [0, 0.1) is 0 Å². The Morgan fingerprint density at radius 2 is 1.87 bits per heavy atom. The largest absolute Gasteiger partial charge is 0.395 e. The van der Waals surface area contributed by atoms with E-state index in [2.05, 4.69) is 25.6 Å². The number of rotatable bonds is 5. The molecule has 7 nitrogen and oxygen atoms in total. The van der Waals surface area contributed by atoms with Crippen molar-refractivity contribution in [3.05, 3.63) is 0 Å². The standard InChI is InChI=1S/C8H16N6O/c1-9-6-11-7(10-4-5-15)13-8(12-6)14(2)3/h15H,4-5H2,1-3H3,(H2,9,10,11,12,13). The lowest BCUT2D eigenvalue weighted by Gasteiger charge is -2.12. The summed E-state index contributed by atoms with van der Waals surface area (Å²) in [4.78, 5) is 14.2. The van der Waals surface area contributed by atoms with Gasteiger partial charge in [0, 0.05) is 27.7 Å². The van der Waals surface area contributed by atoms with Crippen LogP contribution in [-0.4, -0.2) is 54.4 Å². The van der Waals surface area contributed by atoms with Gasteiger partial charge in [0.05, 0.1) is 6.61 Å². The van der Waals surface area contributed by atoms with Crippen LogP contribution in [0.4, 0.5) is 17.8 Å². The van der Waals surface area contributed by atoms with Crippen LogP contribution in [0.5, 0.6) is 0 Å². The predicted molar refractivity (Wildman–Crippen MR) is 59.3 cm³/mol. The second kappa shape index (κ2) is 5.30. The van der Waals surface area contributed by atoms with Gasteiger partial charge in [0.15, 0.2) is 0 Å². The third kappa shape index (κ3) is 3.21. The molecule has 1 aromatic heterocycles. The van der Waals surface area contributed by atoms with Crippen LogP contribution >= 0.6 is 0 Å². The molecule has 0 aliphatic heterocycles. The van der Waals surface area contributed by atoms with Crippen LogP contribution < -0.4 is 15.5 Å². The first-order valence-electron chi connectivity index (χ1n) is 4.63. The van der Waals surface area contributed by atoms with Crippen LogP contribution in [0.25, 0.3) is 0 Å². The number of aromatic nitrogens is 3. The van der Waals surface area contributed by atoms with Crippen molar-refractivity contribution in [1.82, 2.24) is 15.0 Å². The van der Waals surface area contributed by atoms with Gasteiger partial charge < -0.3 is 20.6 Å². The van der Waals surface area contributed by atoms with Crippen molar-refractivity contribution in [1.29, 1.82) is 0 Å². The summed E-state index contributed by atoms with van der Waals surface area (Å²) in [5.41, 5.74) is 0. The molecular formula is C8H16N6O. The Labute approximate surface area is 88.6 Å². The molecule has 0 saturated heterocycles. The van der Waals surface area contributed by atoms with Crippen molar-refractivity contribution >= 4 is 17.8 Å². The summed E-state index contributed by atoms with van der Waals surface area (Å²) in [5, 5.41) is 14.4. The lowest BCUT2D eigenvalue weighted by Crippen LogP contribution is -2.17. The molecule has 0 unspecified atom stereocenters. The van der Waals surface area contributed by atoms with Crippen LogP contribution in [-0.2, 0) is 0 Å². The van der Waals surface area contributed by atoms with E-state index < -0.39 is 0 Å². The van der Waals surface area contributed by atoms with E-state index in [0.29, 0.717) is 24.4 Å². The van der Waals surface area contributed by atoms with E-state index in [1.54, 1.807) is 11.9 Å². The first-order chi connectivity index (χ1) is 7.17. The fourth-order valence-electron chi connectivity index (χ4n) is 0.923. The Balaban J connectivity index is 2.90. The van der Waals surface area contributed by atoms with Gasteiger partial charge in [-0.2, -0.15) is 15.0 Å². The lowest BCUT2D eigenvalue weighted by atomic mass is 10.6. The molecule has 0 radical (unpaired) electrons. The number of aliphatic hydroxyl groups is 1. The zero-order valence-electron chi connectivity index (χ0n) is 9.15. The summed E-state index contributed by atoms with van der Waals surface area (Å²) in [6.45, 7) is 0.456. The van der Waals surface area contributed by atoms with Crippen LogP contribution in [0.15, 0.2) is 0 Å². The third-order valence-corrected chi connectivity index (χ3v) is 1.64. The van der Waals surface area contributed by atoms with E-state index in [4.69, 9.17) is 5.11 Å². The highest BCUT2D eigenvalue weighted by Gasteiger charge is 2.06. The molecule has 15 heavy (non-hydrogen) atoms. The molecule has 0 aliphatic carbocycles. The average Bonchev–Trinajstić information content (AvgIpc) is 2.25. The van der Waals surface area contributed by atoms with Crippen molar-refractivity contribution in [3.63, 3.8) is 0 Å². The SMILES string of the molecule is CNc1nc(NCCO)nc(N(C)C)n1. The Morgan fingerprint density at radius 1 is 1.20 bits per heavy atom. The second-order valence-corrected chi connectivity index (χ2v) is 3.08. The van der Waals surface area contributed by atoms with Crippen LogP contribution in [0.3, 0.4) is 0 Å². The molecule has 0 bridgehead atoms. The third-order valence-electron chi connectivity index (χ3n) is 1.64. The monoisotopic (exact) mass is 212 g/mol. The predicted octanol–water partition coefficient (Wildman–Crippen LogP) is -0.616. The maximum absolute atomic E-state index is 8.67. The van der Waals surface area contributed by atoms with Crippen molar-refractivity contribution < 1.29 is 5.11 Å². The second-order valence-electron chi connectivity index (χ2n) is 3.08. The molecule has 1 rings (SSSR count). The van der Waals surface area contributed by atoms with Gasteiger partial charge in [-0.05, 0) is 0 Å². The Kier molecular flexibility index (Phi) is 4.04. The molecule has 0 atom stereocenters. The van der Waals surface area contributed by atoms with Crippen molar-refractivity contribution in [3.8, 4) is 0 Å². The minimum atomic E-state index is 0.0396. The van der Waals surface area contributed by atoms with E-state index in [-0.39, 0.29) is 6.61 Å². The molecule has 0 fully saturated rings. The van der Waals surface area contributed by atoms with E-state index in [0.717, 1.165) is 0 Å². The smallest absolute Gasteiger partial charge is 0.231 e. The summed E-state index contributed by atoms with van der Waals surface area (Å²) in [5.74, 6) is 1.51. The maximum atomic E-state index is 8.67. The summed E-state index contributed by atoms with van der Waals surface area (Å²) in [7, 11) is 5.44. The number of hydrogen-bond donors (Lipinski definition) is 3. The van der Waals surface area contributed by atoms with Gasteiger partial charge >= 0.3 is 0 Å². The molecule has 0 aliphatic rings. The Bertz CT molecular complexity index is 316. The van der Waals surface area contributed by atoms with E-state index in [9.17, 15) is 0 Å². The fraction of sp³-hybridized carbons (Fsp3) is 0.625. The minimum Gasteiger partial charge on any atom is -0.395 e. The first kappa shape index (κ1) is 11.4. The summed E-state index contributed by atoms with van der Waals surface area (Å²) >= 11 is 0. The highest BCUT2D eigenvalue weighted by atomic mass is 16.3. The molecule has 0 aromatic carbocycles. The number of aliphatic hydroxyl groups excluding tert-OH is 1. The number of anilines is 3. The van der Waals surface area contributed by atoms with Gasteiger partial charge in [-0.15, -0.1) is 0 Å². The highest BCUT2D eigenvalue weighted by Crippen LogP contribution is 2.10. The lowest BCUT2D eigenvalue weighted by molar-refractivity contribution is 0.311. The Morgan fingerprint density at radius 3 is 2.40 bits per heavy atom. The molecule has 3 N–H and O–H groups in total. The molecule has 0 amide bonds. The molecular weight excluding hydrogens is 196 g/mol. The zero-order valence-corrected chi connectivity index (χ0v) is 9.15. The van der Waals surface area contributed by atoms with E-state index in [1.807, 2.05) is 14.1 Å². The van der Waals surface area contributed by atoms with Gasteiger partial charge in [-0.25, -0.2) is 0 Å². The normalized spacial score (nSPS) is 9.87. The first-order valence-corrected chi connectivity index (χ1v) is 4.63. The van der Waals surface area contributed by atoms with Gasteiger partial charge in [-0.1, -0.05) is 0 Å². The fourth-order valence-corrected chi connectivity index (χ4v) is 0.923. The summed E-state index contributed by atoms with van der Waals surface area (Å²) in [6.07, 6.45) is 0. The average molecular weight is 212 g/mol. The topological polar surface area (TPSA) is 86.2 Å². The van der Waals surface area contributed by atoms with E-state index >= 15 is 0 Å². The van der Waals surface area contributed by atoms with Gasteiger partial charge in [0.2, 0.25) is 17.8 Å². The van der Waals surface area contributed by atoms with Gasteiger partial charge in [-0.3, -0.25) is 0 Å². The van der Waals surface area contributed by atoms with Crippen molar-refractivity contribution in [2.24, 2.45) is 0 Å². The molecule has 0 spiro atoms. The van der Waals surface area contributed by atoms with Gasteiger partial charge in [0.1, 0.15) is 0 Å². The summed E-state index contributed by atoms with van der Waals surface area (Å²) in [6, 6.07) is 0. The molecule has 1 heterocycles. The number of hydrogen-bond acceptors (Lipinski definition) is 7.